The molecule has 0 saturated carbocycles. The van der Waals surface area contributed by atoms with Crippen molar-refractivity contribution in [2.24, 2.45) is 0 Å². The quantitative estimate of drug-likeness (QED) is 0.402. The second kappa shape index (κ2) is 12.6. The van der Waals surface area contributed by atoms with Gasteiger partial charge < -0.3 is 0 Å². The summed E-state index contributed by atoms with van der Waals surface area (Å²) in [6, 6.07) is 9.18. The normalized spacial score (nSPS) is 10.9. The fourth-order valence-corrected chi connectivity index (χ4v) is 4.03. The molecule has 2 heteroatoms. The molecule has 0 nitrogen and oxygen atoms in total. The highest BCUT2D eigenvalue weighted by Gasteiger charge is 1.98. The number of rotatable bonds is 12. The van der Waals surface area contributed by atoms with Gasteiger partial charge in [0, 0.05) is 11.5 Å². The van der Waals surface area contributed by atoms with Gasteiger partial charge in [-0.1, -0.05) is 63.8 Å². The van der Waals surface area contributed by atoms with Gasteiger partial charge in [-0.3, -0.25) is 0 Å². The van der Waals surface area contributed by atoms with Crippen molar-refractivity contribution in [3.8, 4) is 0 Å². The Morgan fingerprint density at radius 3 is 1.70 bits per heavy atom. The molecule has 0 unspecified atom stereocenters. The first kappa shape index (κ1) is 18.0. The Morgan fingerprint density at radius 2 is 1.25 bits per heavy atom. The SMILES string of the molecule is CCCCCSCc1cccc(CSCCCCC)c1. The Bertz CT molecular complexity index is 307. The molecule has 1 rings (SSSR count). The van der Waals surface area contributed by atoms with E-state index in [4.69, 9.17) is 0 Å². The third-order valence-electron chi connectivity index (χ3n) is 3.31. The summed E-state index contributed by atoms with van der Waals surface area (Å²) in [5, 5.41) is 0. The predicted octanol–water partition coefficient (Wildman–Crippen LogP) is 6.53. The standard InChI is InChI=1S/C18H30S2/c1-3-5-7-12-19-15-17-10-9-11-18(14-17)16-20-13-8-6-4-2/h9-11,14H,3-8,12-13,15-16H2,1-2H3. The second-order valence-corrected chi connectivity index (χ2v) is 7.55. The summed E-state index contributed by atoms with van der Waals surface area (Å²) in [7, 11) is 0. The molecule has 0 atom stereocenters. The first-order chi connectivity index (χ1) is 9.86. The highest BCUT2D eigenvalue weighted by Crippen LogP contribution is 2.19. The van der Waals surface area contributed by atoms with E-state index in [2.05, 4.69) is 61.6 Å². The maximum atomic E-state index is 2.40. The van der Waals surface area contributed by atoms with Crippen LogP contribution in [0, 0.1) is 0 Å². The fourth-order valence-electron chi connectivity index (χ4n) is 2.10. The van der Waals surface area contributed by atoms with Crippen LogP contribution in [0.25, 0.3) is 0 Å². The number of hydrogen-bond acceptors (Lipinski definition) is 2. The lowest BCUT2D eigenvalue weighted by Crippen LogP contribution is -1.88. The van der Waals surface area contributed by atoms with Gasteiger partial charge in [0.25, 0.3) is 0 Å². The molecule has 0 saturated heterocycles. The van der Waals surface area contributed by atoms with E-state index in [9.17, 15) is 0 Å². The lowest BCUT2D eigenvalue weighted by Gasteiger charge is -2.06. The summed E-state index contributed by atoms with van der Waals surface area (Å²) in [5.41, 5.74) is 3.00. The van der Waals surface area contributed by atoms with Crippen molar-refractivity contribution >= 4 is 23.5 Å². The second-order valence-electron chi connectivity index (χ2n) is 5.34. The van der Waals surface area contributed by atoms with Crippen LogP contribution in [0.15, 0.2) is 24.3 Å². The largest absolute Gasteiger partial charge is 0.157 e. The van der Waals surface area contributed by atoms with E-state index in [1.54, 1.807) is 0 Å². The van der Waals surface area contributed by atoms with Gasteiger partial charge >= 0.3 is 0 Å². The lowest BCUT2D eigenvalue weighted by atomic mass is 10.2. The van der Waals surface area contributed by atoms with Crippen LogP contribution in [0.4, 0.5) is 0 Å². The zero-order valence-corrected chi connectivity index (χ0v) is 14.8. The molecule has 0 radical (unpaired) electrons. The van der Waals surface area contributed by atoms with Gasteiger partial charge in [-0.2, -0.15) is 23.5 Å². The van der Waals surface area contributed by atoms with Crippen molar-refractivity contribution in [1.29, 1.82) is 0 Å². The van der Waals surface area contributed by atoms with Crippen LogP contribution in [0.5, 0.6) is 0 Å². The molecule has 1 aromatic rings. The molecule has 0 bridgehead atoms. The summed E-state index contributed by atoms with van der Waals surface area (Å²) in [5.74, 6) is 4.98. The molecule has 0 amide bonds. The first-order valence-electron chi connectivity index (χ1n) is 8.10. The summed E-state index contributed by atoms with van der Waals surface area (Å²) in [6.45, 7) is 4.54. The van der Waals surface area contributed by atoms with E-state index in [-0.39, 0.29) is 0 Å². The maximum absolute atomic E-state index is 2.40. The van der Waals surface area contributed by atoms with Gasteiger partial charge in [-0.25, -0.2) is 0 Å². The zero-order chi connectivity index (χ0) is 14.5. The third-order valence-corrected chi connectivity index (χ3v) is 5.54. The molecule has 0 spiro atoms. The highest BCUT2D eigenvalue weighted by atomic mass is 32.2. The minimum atomic E-state index is 1.18. The van der Waals surface area contributed by atoms with Crippen LogP contribution < -0.4 is 0 Å². The minimum absolute atomic E-state index is 1.18. The molecule has 0 fully saturated rings. The molecule has 20 heavy (non-hydrogen) atoms. The van der Waals surface area contributed by atoms with E-state index >= 15 is 0 Å². The summed E-state index contributed by atoms with van der Waals surface area (Å²) < 4.78 is 0. The van der Waals surface area contributed by atoms with Crippen LogP contribution in [-0.2, 0) is 11.5 Å². The van der Waals surface area contributed by atoms with Crippen LogP contribution >= 0.6 is 23.5 Å². The molecular formula is C18H30S2. The summed E-state index contributed by atoms with van der Waals surface area (Å²) in [6.07, 6.45) is 8.14. The topological polar surface area (TPSA) is 0 Å². The van der Waals surface area contributed by atoms with Crippen LogP contribution in [0.2, 0.25) is 0 Å². The Morgan fingerprint density at radius 1 is 0.750 bits per heavy atom. The number of benzene rings is 1. The van der Waals surface area contributed by atoms with Crippen molar-refractivity contribution in [2.75, 3.05) is 11.5 Å². The van der Waals surface area contributed by atoms with E-state index in [1.807, 2.05) is 0 Å². The number of hydrogen-bond donors (Lipinski definition) is 0. The first-order valence-corrected chi connectivity index (χ1v) is 10.4. The van der Waals surface area contributed by atoms with Crippen LogP contribution in [-0.4, -0.2) is 11.5 Å². The predicted molar refractivity (Wildman–Crippen MR) is 97.8 cm³/mol. The number of thioether (sulfide) groups is 2. The summed E-state index contributed by atoms with van der Waals surface area (Å²) in [4.78, 5) is 0. The monoisotopic (exact) mass is 310 g/mol. The molecular weight excluding hydrogens is 280 g/mol. The smallest absolute Gasteiger partial charge is 0.0184 e. The van der Waals surface area contributed by atoms with Gasteiger partial charge in [-0.05, 0) is 35.5 Å². The Balaban J connectivity index is 2.19. The number of unbranched alkanes of at least 4 members (excludes halogenated alkanes) is 4. The molecule has 0 aliphatic carbocycles. The van der Waals surface area contributed by atoms with Crippen molar-refractivity contribution < 1.29 is 0 Å². The summed E-state index contributed by atoms with van der Waals surface area (Å²) >= 11 is 4.17. The Labute approximate surface area is 134 Å². The van der Waals surface area contributed by atoms with Gasteiger partial charge in [0.2, 0.25) is 0 Å². The van der Waals surface area contributed by atoms with Gasteiger partial charge in [0.15, 0.2) is 0 Å². The molecule has 0 N–H and O–H groups in total. The average molecular weight is 311 g/mol. The molecule has 0 heterocycles. The maximum Gasteiger partial charge on any atom is 0.0184 e. The van der Waals surface area contributed by atoms with E-state index in [0.29, 0.717) is 0 Å². The van der Waals surface area contributed by atoms with Crippen molar-refractivity contribution in [2.45, 2.75) is 63.9 Å². The van der Waals surface area contributed by atoms with Crippen molar-refractivity contribution in [3.63, 3.8) is 0 Å². The van der Waals surface area contributed by atoms with Gasteiger partial charge in [0.05, 0.1) is 0 Å². The van der Waals surface area contributed by atoms with E-state index in [0.717, 1.165) is 0 Å². The molecule has 114 valence electrons. The molecule has 0 aliphatic heterocycles. The van der Waals surface area contributed by atoms with Crippen molar-refractivity contribution in [1.82, 2.24) is 0 Å². The molecule has 1 aromatic carbocycles. The van der Waals surface area contributed by atoms with Gasteiger partial charge in [0.1, 0.15) is 0 Å². The Hall–Kier alpha value is -0.0800. The Kier molecular flexibility index (Phi) is 11.4. The van der Waals surface area contributed by atoms with Crippen LogP contribution in [0.3, 0.4) is 0 Å². The fraction of sp³-hybridized carbons (Fsp3) is 0.667. The van der Waals surface area contributed by atoms with E-state index < -0.39 is 0 Å². The zero-order valence-electron chi connectivity index (χ0n) is 13.2. The van der Waals surface area contributed by atoms with Crippen LogP contribution in [0.1, 0.15) is 63.5 Å². The highest BCUT2D eigenvalue weighted by molar-refractivity contribution is 7.98. The lowest BCUT2D eigenvalue weighted by molar-refractivity contribution is 0.778. The minimum Gasteiger partial charge on any atom is -0.157 e. The van der Waals surface area contributed by atoms with E-state index in [1.165, 1.54) is 72.7 Å². The van der Waals surface area contributed by atoms with Crippen molar-refractivity contribution in [3.05, 3.63) is 35.4 Å². The third kappa shape index (κ3) is 8.97. The average Bonchev–Trinajstić information content (AvgIpc) is 2.47. The molecule has 0 aromatic heterocycles. The van der Waals surface area contributed by atoms with Gasteiger partial charge in [-0.15, -0.1) is 0 Å². The molecule has 0 aliphatic rings.